The normalized spacial score (nSPS) is 19.3. The number of halogens is 1. The second-order valence-corrected chi connectivity index (χ2v) is 7.42. The van der Waals surface area contributed by atoms with Gasteiger partial charge < -0.3 is 5.32 Å². The van der Waals surface area contributed by atoms with E-state index in [4.69, 9.17) is 11.6 Å². The summed E-state index contributed by atoms with van der Waals surface area (Å²) >= 11 is 7.12. The summed E-state index contributed by atoms with van der Waals surface area (Å²) in [6, 6.07) is 6.47. The SMILES string of the molecule is CCC1(C)NC(=O)N(NC(=O)CSc2nncn2-c2cccc(Cl)c2)C1=O. The van der Waals surface area contributed by atoms with E-state index in [1.54, 1.807) is 36.6 Å². The van der Waals surface area contributed by atoms with E-state index >= 15 is 0 Å². The topological polar surface area (TPSA) is 109 Å². The van der Waals surface area contributed by atoms with Crippen molar-refractivity contribution >= 4 is 41.2 Å². The minimum atomic E-state index is -1.01. The zero-order chi connectivity index (χ0) is 19.6. The van der Waals surface area contributed by atoms with Gasteiger partial charge in [-0.05, 0) is 31.5 Å². The highest BCUT2D eigenvalue weighted by Crippen LogP contribution is 2.22. The monoisotopic (exact) mass is 408 g/mol. The van der Waals surface area contributed by atoms with E-state index in [2.05, 4.69) is 20.9 Å². The Bertz CT molecular complexity index is 904. The molecule has 1 fully saturated rings. The highest BCUT2D eigenvalue weighted by molar-refractivity contribution is 7.99. The molecule has 3 rings (SSSR count). The van der Waals surface area contributed by atoms with Crippen molar-refractivity contribution < 1.29 is 14.4 Å². The quantitative estimate of drug-likeness (QED) is 0.556. The van der Waals surface area contributed by atoms with Crippen molar-refractivity contribution in [2.75, 3.05) is 5.75 Å². The molecule has 4 amide bonds. The Kier molecular flexibility index (Phi) is 5.38. The Hall–Kier alpha value is -2.59. The van der Waals surface area contributed by atoms with Crippen LogP contribution in [0.2, 0.25) is 5.02 Å². The number of amides is 4. The molecule has 2 aromatic rings. The van der Waals surface area contributed by atoms with Crippen LogP contribution in [0.15, 0.2) is 35.7 Å². The molecule has 1 saturated heterocycles. The fraction of sp³-hybridized carbons (Fsp3) is 0.312. The van der Waals surface area contributed by atoms with Gasteiger partial charge in [-0.15, -0.1) is 10.2 Å². The molecule has 2 N–H and O–H groups in total. The lowest BCUT2D eigenvalue weighted by Gasteiger charge is -2.19. The standard InChI is InChI=1S/C16H17ClN6O3S/c1-3-16(2)13(25)23(14(26)19-16)21-12(24)8-27-15-20-18-9-22(15)11-6-4-5-10(17)7-11/h4-7,9H,3,8H2,1-2H3,(H,19,26)(H,21,24). The Labute approximate surface area is 164 Å². The largest absolute Gasteiger partial charge is 0.344 e. The number of nitrogens with one attached hydrogen (secondary N) is 2. The number of benzene rings is 1. The van der Waals surface area contributed by atoms with Crippen molar-refractivity contribution in [2.24, 2.45) is 0 Å². The van der Waals surface area contributed by atoms with Gasteiger partial charge in [-0.2, -0.15) is 5.01 Å². The molecule has 0 bridgehead atoms. The van der Waals surface area contributed by atoms with Crippen LogP contribution in [0.25, 0.3) is 5.69 Å². The van der Waals surface area contributed by atoms with E-state index in [0.717, 1.165) is 17.4 Å². The van der Waals surface area contributed by atoms with Gasteiger partial charge in [0.05, 0.1) is 11.4 Å². The molecule has 0 radical (unpaired) electrons. The summed E-state index contributed by atoms with van der Waals surface area (Å²) in [5.41, 5.74) is 2.08. The second-order valence-electron chi connectivity index (χ2n) is 6.04. The number of aromatic nitrogens is 3. The fourth-order valence-corrected chi connectivity index (χ4v) is 3.34. The van der Waals surface area contributed by atoms with Crippen LogP contribution in [0.5, 0.6) is 0 Å². The van der Waals surface area contributed by atoms with Gasteiger partial charge in [0.25, 0.3) is 5.91 Å². The maximum atomic E-state index is 12.3. The smallest absolute Gasteiger partial charge is 0.322 e. The number of carbonyl (C=O) groups is 3. The lowest BCUT2D eigenvalue weighted by molar-refractivity contribution is -0.137. The second kappa shape index (κ2) is 7.57. The first-order valence-electron chi connectivity index (χ1n) is 8.09. The Morgan fingerprint density at radius 3 is 2.85 bits per heavy atom. The molecule has 1 aliphatic rings. The van der Waals surface area contributed by atoms with Gasteiger partial charge in [0.1, 0.15) is 11.9 Å². The number of hydrogen-bond donors (Lipinski definition) is 2. The summed E-state index contributed by atoms with van der Waals surface area (Å²) in [4.78, 5) is 36.4. The molecule has 2 heterocycles. The van der Waals surface area contributed by atoms with Crippen LogP contribution in [0, 0.1) is 0 Å². The minimum Gasteiger partial charge on any atom is -0.322 e. The molecule has 0 saturated carbocycles. The molecule has 0 aliphatic carbocycles. The third-order valence-corrected chi connectivity index (χ3v) is 5.32. The molecule has 1 aliphatic heterocycles. The van der Waals surface area contributed by atoms with Gasteiger partial charge in [0.2, 0.25) is 5.91 Å². The van der Waals surface area contributed by atoms with Crippen molar-refractivity contribution in [2.45, 2.75) is 31.0 Å². The molecule has 27 heavy (non-hydrogen) atoms. The van der Waals surface area contributed by atoms with Gasteiger partial charge >= 0.3 is 6.03 Å². The first-order chi connectivity index (χ1) is 12.8. The number of urea groups is 1. The lowest BCUT2D eigenvalue weighted by atomic mass is 10.00. The third kappa shape index (κ3) is 3.91. The molecular formula is C16H17ClN6O3S. The van der Waals surface area contributed by atoms with Crippen molar-refractivity contribution in [1.29, 1.82) is 0 Å². The fourth-order valence-electron chi connectivity index (χ4n) is 2.44. The predicted molar refractivity (Wildman–Crippen MR) is 99.3 cm³/mol. The summed E-state index contributed by atoms with van der Waals surface area (Å²) in [7, 11) is 0. The first kappa shape index (κ1) is 19.2. The van der Waals surface area contributed by atoms with Crippen LogP contribution in [0.1, 0.15) is 20.3 Å². The van der Waals surface area contributed by atoms with Crippen LogP contribution in [-0.2, 0) is 9.59 Å². The van der Waals surface area contributed by atoms with Crippen molar-refractivity contribution in [3.8, 4) is 5.69 Å². The highest BCUT2D eigenvalue weighted by Gasteiger charge is 2.47. The van der Waals surface area contributed by atoms with Crippen LogP contribution in [0.3, 0.4) is 0 Å². The van der Waals surface area contributed by atoms with E-state index < -0.39 is 23.4 Å². The average molecular weight is 409 g/mol. The number of nitrogens with zero attached hydrogens (tertiary/aromatic N) is 4. The van der Waals surface area contributed by atoms with Crippen molar-refractivity contribution in [1.82, 2.24) is 30.5 Å². The summed E-state index contributed by atoms with van der Waals surface area (Å²) in [6.45, 7) is 3.39. The predicted octanol–water partition coefficient (Wildman–Crippen LogP) is 1.76. The molecule has 1 aromatic carbocycles. The maximum Gasteiger partial charge on any atom is 0.344 e. The zero-order valence-corrected chi connectivity index (χ0v) is 16.2. The Morgan fingerprint density at radius 2 is 2.19 bits per heavy atom. The van der Waals surface area contributed by atoms with Crippen molar-refractivity contribution in [3.63, 3.8) is 0 Å². The molecule has 1 atom stereocenters. The molecular weight excluding hydrogens is 392 g/mol. The molecule has 0 spiro atoms. The lowest BCUT2D eigenvalue weighted by Crippen LogP contribution is -2.49. The number of carbonyl (C=O) groups excluding carboxylic acids is 3. The minimum absolute atomic E-state index is 0.0564. The van der Waals surface area contributed by atoms with E-state index in [0.29, 0.717) is 21.6 Å². The van der Waals surface area contributed by atoms with Crippen LogP contribution in [-0.4, -0.2) is 48.9 Å². The van der Waals surface area contributed by atoms with Gasteiger partial charge in [-0.3, -0.25) is 19.6 Å². The van der Waals surface area contributed by atoms with Crippen LogP contribution >= 0.6 is 23.4 Å². The average Bonchev–Trinajstić information content (AvgIpc) is 3.19. The highest BCUT2D eigenvalue weighted by atomic mass is 35.5. The third-order valence-electron chi connectivity index (χ3n) is 4.14. The number of rotatable bonds is 6. The number of hydrazine groups is 1. The van der Waals surface area contributed by atoms with E-state index in [1.807, 2.05) is 6.07 Å². The molecule has 142 valence electrons. The van der Waals surface area contributed by atoms with E-state index in [9.17, 15) is 14.4 Å². The van der Waals surface area contributed by atoms with Crippen LogP contribution in [0.4, 0.5) is 4.79 Å². The number of hydrogen-bond acceptors (Lipinski definition) is 6. The maximum absolute atomic E-state index is 12.3. The molecule has 9 nitrogen and oxygen atoms in total. The Morgan fingerprint density at radius 1 is 1.41 bits per heavy atom. The summed E-state index contributed by atoms with van der Waals surface area (Å²) in [6.07, 6.45) is 1.93. The summed E-state index contributed by atoms with van der Waals surface area (Å²) in [5.74, 6) is -1.06. The molecule has 11 heteroatoms. The van der Waals surface area contributed by atoms with Crippen molar-refractivity contribution in [3.05, 3.63) is 35.6 Å². The van der Waals surface area contributed by atoms with E-state index in [-0.39, 0.29) is 5.75 Å². The Balaban J connectivity index is 1.63. The number of imide groups is 1. The van der Waals surface area contributed by atoms with Crippen LogP contribution < -0.4 is 10.7 Å². The number of thioether (sulfide) groups is 1. The molecule has 1 unspecified atom stereocenters. The van der Waals surface area contributed by atoms with E-state index in [1.165, 1.54) is 6.33 Å². The summed E-state index contributed by atoms with van der Waals surface area (Å²) in [5, 5.41) is 12.2. The van der Waals surface area contributed by atoms with Gasteiger partial charge in [0, 0.05) is 5.02 Å². The first-order valence-corrected chi connectivity index (χ1v) is 9.45. The summed E-state index contributed by atoms with van der Waals surface area (Å²) < 4.78 is 1.69. The zero-order valence-electron chi connectivity index (χ0n) is 14.6. The van der Waals surface area contributed by atoms with Gasteiger partial charge in [-0.25, -0.2) is 4.79 Å². The van der Waals surface area contributed by atoms with Gasteiger partial charge in [-0.1, -0.05) is 36.4 Å². The van der Waals surface area contributed by atoms with Gasteiger partial charge in [0.15, 0.2) is 5.16 Å². The molecule has 1 aromatic heterocycles.